The summed E-state index contributed by atoms with van der Waals surface area (Å²) in [6.07, 6.45) is 2.91. The molecule has 206 valence electrons. The Morgan fingerprint density at radius 2 is 1.92 bits per heavy atom. The lowest BCUT2D eigenvalue weighted by Gasteiger charge is -2.42. The lowest BCUT2D eigenvalue weighted by atomic mass is 9.95. The number of rotatable bonds is 4. The van der Waals surface area contributed by atoms with Crippen molar-refractivity contribution in [3.05, 3.63) is 22.4 Å². The van der Waals surface area contributed by atoms with Crippen LogP contribution in [0, 0.1) is 5.82 Å². The van der Waals surface area contributed by atoms with E-state index in [1.165, 1.54) is 0 Å². The Morgan fingerprint density at radius 3 is 2.63 bits per heavy atom. The monoisotopic (exact) mass is 593 g/mol. The fourth-order valence-corrected chi connectivity index (χ4v) is 7.05. The summed E-state index contributed by atoms with van der Waals surface area (Å²) in [6.45, 7) is 8.15. The highest BCUT2D eigenvalue weighted by atomic mass is 79.9. The number of aromatic nitrogens is 2. The fraction of sp³-hybridized carbons (Fsp3) is 0.667. The zero-order chi connectivity index (χ0) is 26.8. The Bertz CT molecular complexity index is 1250. The maximum absolute atomic E-state index is 15.3. The van der Waals surface area contributed by atoms with E-state index in [1.54, 1.807) is 11.0 Å². The highest BCUT2D eigenvalue weighted by molar-refractivity contribution is 9.10. The molecule has 11 heteroatoms. The quantitative estimate of drug-likeness (QED) is 0.490. The lowest BCUT2D eigenvalue weighted by molar-refractivity contribution is 0.0209. The first kappa shape index (κ1) is 26.0. The molecule has 0 spiro atoms. The number of amides is 1. The van der Waals surface area contributed by atoms with Gasteiger partial charge in [0.25, 0.3) is 0 Å². The van der Waals surface area contributed by atoms with Crippen molar-refractivity contribution in [3.63, 3.8) is 0 Å². The second-order valence-corrected chi connectivity index (χ2v) is 13.0. The number of ether oxygens (including phenoxy) is 2. The smallest absolute Gasteiger partial charge is 0.410 e. The van der Waals surface area contributed by atoms with Gasteiger partial charge in [-0.15, -0.1) is 0 Å². The van der Waals surface area contributed by atoms with Crippen LogP contribution in [0.4, 0.5) is 19.4 Å². The Balaban J connectivity index is 1.31. The first-order valence-corrected chi connectivity index (χ1v) is 14.3. The molecule has 1 aromatic heterocycles. The largest absolute Gasteiger partial charge is 0.461 e. The van der Waals surface area contributed by atoms with Crippen molar-refractivity contribution in [2.24, 2.45) is 0 Å². The molecule has 38 heavy (non-hydrogen) atoms. The van der Waals surface area contributed by atoms with Gasteiger partial charge in [0, 0.05) is 43.5 Å². The molecule has 5 heterocycles. The van der Waals surface area contributed by atoms with E-state index in [1.807, 2.05) is 26.8 Å². The molecule has 4 aliphatic heterocycles. The van der Waals surface area contributed by atoms with Crippen LogP contribution in [0.3, 0.4) is 0 Å². The van der Waals surface area contributed by atoms with Crippen molar-refractivity contribution in [1.82, 2.24) is 19.8 Å². The van der Waals surface area contributed by atoms with E-state index in [0.29, 0.717) is 41.7 Å². The van der Waals surface area contributed by atoms with E-state index in [9.17, 15) is 9.18 Å². The molecule has 4 aliphatic rings. The van der Waals surface area contributed by atoms with E-state index in [-0.39, 0.29) is 41.8 Å². The standard InChI is InChI=1S/C27H34BrF2N5O3/c1-26(2,3)38-25(36)33-13-17-5-6-18(14-33)35(17)23-19-7-8-20(28)21(30)22(19)31-24(32-23)37-15-27-9-4-10-34(27)12-16(29)11-27/h7-8,16-18H,4-6,9-15H2,1-3H3/t16-,17?,18?,27+/m1/s1. The minimum Gasteiger partial charge on any atom is -0.461 e. The van der Waals surface area contributed by atoms with Gasteiger partial charge in [-0.05, 0) is 81.1 Å². The van der Waals surface area contributed by atoms with Crippen molar-refractivity contribution < 1.29 is 23.0 Å². The number of fused-ring (bicyclic) bond motifs is 4. The molecular weight excluding hydrogens is 560 g/mol. The van der Waals surface area contributed by atoms with Crippen LogP contribution in [0.15, 0.2) is 16.6 Å². The molecule has 8 nitrogen and oxygen atoms in total. The minimum atomic E-state index is -0.864. The van der Waals surface area contributed by atoms with E-state index in [2.05, 4.69) is 30.7 Å². The van der Waals surface area contributed by atoms with Gasteiger partial charge in [-0.1, -0.05) is 0 Å². The van der Waals surface area contributed by atoms with E-state index >= 15 is 4.39 Å². The van der Waals surface area contributed by atoms with Gasteiger partial charge in [0.15, 0.2) is 5.82 Å². The van der Waals surface area contributed by atoms with Gasteiger partial charge in [-0.25, -0.2) is 13.6 Å². The summed E-state index contributed by atoms with van der Waals surface area (Å²) in [5.74, 6) is 0.143. The van der Waals surface area contributed by atoms with Crippen LogP contribution < -0.4 is 9.64 Å². The van der Waals surface area contributed by atoms with Crippen LogP contribution in [0.25, 0.3) is 10.9 Å². The highest BCUT2D eigenvalue weighted by Crippen LogP contribution is 2.42. The van der Waals surface area contributed by atoms with Crippen LogP contribution in [-0.4, -0.2) is 88.0 Å². The van der Waals surface area contributed by atoms with Crippen LogP contribution in [-0.2, 0) is 4.74 Å². The summed E-state index contributed by atoms with van der Waals surface area (Å²) in [5.41, 5.74) is -0.738. The fourth-order valence-electron chi connectivity index (χ4n) is 6.73. The van der Waals surface area contributed by atoms with Crippen molar-refractivity contribution >= 4 is 38.7 Å². The third kappa shape index (κ3) is 4.59. The van der Waals surface area contributed by atoms with Crippen molar-refractivity contribution in [3.8, 4) is 6.01 Å². The molecule has 2 bridgehead atoms. The number of hydrogen-bond acceptors (Lipinski definition) is 7. The zero-order valence-corrected chi connectivity index (χ0v) is 23.6. The molecule has 6 rings (SSSR count). The first-order chi connectivity index (χ1) is 18.0. The summed E-state index contributed by atoms with van der Waals surface area (Å²) in [6, 6.07) is 3.62. The van der Waals surface area contributed by atoms with E-state index < -0.39 is 17.6 Å². The molecule has 2 aromatic rings. The van der Waals surface area contributed by atoms with Crippen molar-refractivity contribution in [2.75, 3.05) is 37.7 Å². The summed E-state index contributed by atoms with van der Waals surface area (Å²) in [7, 11) is 0. The van der Waals surface area contributed by atoms with Gasteiger partial charge in [-0.3, -0.25) is 4.90 Å². The molecule has 4 fully saturated rings. The third-order valence-corrected chi connectivity index (χ3v) is 8.94. The Kier molecular flexibility index (Phi) is 6.45. The van der Waals surface area contributed by atoms with Crippen LogP contribution in [0.5, 0.6) is 6.01 Å². The number of alkyl halides is 1. The number of piperazine rings is 1. The number of halogens is 3. The van der Waals surface area contributed by atoms with Crippen LogP contribution in [0.1, 0.15) is 52.9 Å². The normalized spacial score (nSPS) is 29.3. The molecule has 4 saturated heterocycles. The van der Waals surface area contributed by atoms with Crippen LogP contribution in [0.2, 0.25) is 0 Å². The van der Waals surface area contributed by atoms with Gasteiger partial charge < -0.3 is 19.3 Å². The SMILES string of the molecule is CC(C)(C)OC(=O)N1CC2CCC(C1)N2c1nc(OC[C@@]23CCCN2C[C@H](F)C3)nc2c(F)c(Br)ccc12. The van der Waals surface area contributed by atoms with Gasteiger partial charge in [-0.2, -0.15) is 9.97 Å². The van der Waals surface area contributed by atoms with Crippen LogP contribution >= 0.6 is 15.9 Å². The second-order valence-electron chi connectivity index (χ2n) is 12.1. The van der Waals surface area contributed by atoms with Gasteiger partial charge in [0.2, 0.25) is 0 Å². The third-order valence-electron chi connectivity index (χ3n) is 8.33. The molecule has 0 saturated carbocycles. The molecule has 0 N–H and O–H groups in total. The van der Waals surface area contributed by atoms with Gasteiger partial charge in [0.05, 0.1) is 10.0 Å². The number of carbonyl (C=O) groups excluding carboxylic acids is 1. The summed E-state index contributed by atoms with van der Waals surface area (Å²) in [4.78, 5) is 28.2. The number of hydrogen-bond donors (Lipinski definition) is 0. The molecule has 0 radical (unpaired) electrons. The Morgan fingerprint density at radius 1 is 1.18 bits per heavy atom. The molecule has 0 aliphatic carbocycles. The Hall–Kier alpha value is -2.27. The number of nitrogens with zero attached hydrogens (tertiary/aromatic N) is 5. The molecule has 1 amide bonds. The zero-order valence-electron chi connectivity index (χ0n) is 22.1. The molecule has 2 unspecified atom stereocenters. The predicted molar refractivity (Wildman–Crippen MR) is 143 cm³/mol. The van der Waals surface area contributed by atoms with Crippen molar-refractivity contribution in [1.29, 1.82) is 0 Å². The summed E-state index contributed by atoms with van der Waals surface area (Å²) in [5, 5.41) is 0.603. The maximum Gasteiger partial charge on any atom is 0.410 e. The topological polar surface area (TPSA) is 71.0 Å². The van der Waals surface area contributed by atoms with Gasteiger partial charge >= 0.3 is 12.1 Å². The molecular formula is C27H34BrF2N5O3. The first-order valence-electron chi connectivity index (χ1n) is 13.5. The Labute approximate surface area is 229 Å². The van der Waals surface area contributed by atoms with E-state index in [0.717, 1.165) is 32.2 Å². The van der Waals surface area contributed by atoms with Crippen molar-refractivity contribution in [2.45, 2.75) is 82.3 Å². The predicted octanol–water partition coefficient (Wildman–Crippen LogP) is 5.07. The number of anilines is 1. The number of benzene rings is 1. The number of carbonyl (C=O) groups is 1. The van der Waals surface area contributed by atoms with E-state index in [4.69, 9.17) is 14.5 Å². The molecule has 4 atom stereocenters. The van der Waals surface area contributed by atoms with Gasteiger partial charge in [0.1, 0.15) is 29.7 Å². The maximum atomic E-state index is 15.3. The number of likely N-dealkylation sites (tertiary alicyclic amines) is 1. The molecule has 1 aromatic carbocycles. The lowest BCUT2D eigenvalue weighted by Crippen LogP contribution is -2.56. The second kappa shape index (κ2) is 9.43. The average Bonchev–Trinajstić information content (AvgIpc) is 3.45. The average molecular weight is 595 g/mol. The highest BCUT2D eigenvalue weighted by Gasteiger charge is 2.49. The minimum absolute atomic E-state index is 0.0185. The summed E-state index contributed by atoms with van der Waals surface area (Å²) >= 11 is 3.28. The summed E-state index contributed by atoms with van der Waals surface area (Å²) < 4.78 is 41.7.